The third kappa shape index (κ3) is 5.99. The van der Waals surface area contributed by atoms with E-state index in [0.29, 0.717) is 0 Å². The normalized spacial score (nSPS) is 20.3. The molecule has 0 unspecified atom stereocenters. The van der Waals surface area contributed by atoms with Gasteiger partial charge in [-0.1, -0.05) is 38.3 Å². The molecule has 0 saturated heterocycles. The summed E-state index contributed by atoms with van der Waals surface area (Å²) < 4.78 is 0. The van der Waals surface area contributed by atoms with Crippen LogP contribution >= 0.6 is 7.92 Å². The van der Waals surface area contributed by atoms with Crippen LogP contribution in [0.25, 0.3) is 0 Å². The van der Waals surface area contributed by atoms with Gasteiger partial charge in [0.25, 0.3) is 0 Å². The molecule has 0 amide bonds. The van der Waals surface area contributed by atoms with Crippen molar-refractivity contribution in [2.24, 2.45) is 0 Å². The van der Waals surface area contributed by atoms with E-state index < -0.39 is 0 Å². The zero-order valence-corrected chi connectivity index (χ0v) is 12.9. The molecule has 2 aliphatic rings. The van der Waals surface area contributed by atoms with Crippen LogP contribution < -0.4 is 5.30 Å². The zero-order chi connectivity index (χ0) is 12.6. The Labute approximate surface area is 131 Å². The average Bonchev–Trinajstić information content (AvgIpc) is 3.14. The molecular weight excluding hydrogens is 291 g/mol. The van der Waals surface area contributed by atoms with Crippen molar-refractivity contribution < 1.29 is 17.1 Å². The molecule has 2 fully saturated rings. The van der Waals surface area contributed by atoms with Crippen molar-refractivity contribution in [3.8, 4) is 0 Å². The van der Waals surface area contributed by atoms with Crippen LogP contribution in [0.4, 0.5) is 0 Å². The van der Waals surface area contributed by atoms with Crippen molar-refractivity contribution in [3.63, 3.8) is 0 Å². The van der Waals surface area contributed by atoms with Gasteiger partial charge in [0.1, 0.15) is 0 Å². The van der Waals surface area contributed by atoms with E-state index in [2.05, 4.69) is 62.7 Å². The fraction of sp³-hybridized carbons (Fsp3) is 0.0588. The van der Waals surface area contributed by atoms with Gasteiger partial charge in [0.05, 0.1) is 0 Å². The molecule has 96 valence electrons. The smallest absolute Gasteiger partial charge is 0.0706 e. The molecule has 0 N–H and O–H groups in total. The monoisotopic (exact) mass is 308 g/mol. The molecule has 2 saturated carbocycles. The summed E-state index contributed by atoms with van der Waals surface area (Å²) in [5.74, 6) is 0. The van der Waals surface area contributed by atoms with Gasteiger partial charge in [-0.05, 0) is 69.8 Å². The van der Waals surface area contributed by atoms with Gasteiger partial charge in [-0.3, -0.25) is 0 Å². The molecule has 1 aromatic rings. The quantitative estimate of drug-likeness (QED) is 0.576. The van der Waals surface area contributed by atoms with E-state index in [4.69, 9.17) is 0 Å². The van der Waals surface area contributed by atoms with Crippen LogP contribution in [0.1, 0.15) is 0 Å². The number of hydrogen-bond donors (Lipinski definition) is 0. The van der Waals surface area contributed by atoms with Crippen molar-refractivity contribution in [1.29, 1.82) is 0 Å². The molecule has 2 aliphatic carbocycles. The van der Waals surface area contributed by atoms with Crippen LogP contribution in [-0.4, -0.2) is 6.66 Å². The summed E-state index contributed by atoms with van der Waals surface area (Å²) in [6.07, 6.45) is 18.6. The second-order valence-corrected chi connectivity index (χ2v) is 6.15. The maximum Gasteiger partial charge on any atom is 2.00 e. The predicted molar refractivity (Wildman–Crippen MR) is 80.9 cm³/mol. The van der Waals surface area contributed by atoms with Crippen molar-refractivity contribution in [2.75, 3.05) is 6.66 Å². The molecule has 19 heavy (non-hydrogen) atoms. The van der Waals surface area contributed by atoms with Gasteiger partial charge < -0.3 is 0 Å². The van der Waals surface area contributed by atoms with E-state index in [9.17, 15) is 0 Å². The van der Waals surface area contributed by atoms with E-state index >= 15 is 0 Å². The first-order chi connectivity index (χ1) is 8.88. The van der Waals surface area contributed by atoms with Crippen LogP contribution in [0, 0.1) is 63.4 Å². The second kappa shape index (κ2) is 9.98. The molecular formula is C17H17FeP+2. The van der Waals surface area contributed by atoms with Crippen LogP contribution in [0.2, 0.25) is 0 Å². The predicted octanol–water partition coefficient (Wildman–Crippen LogP) is 3.81. The average molecular weight is 308 g/mol. The van der Waals surface area contributed by atoms with Crippen LogP contribution in [0.3, 0.4) is 0 Å². The van der Waals surface area contributed by atoms with Crippen LogP contribution in [-0.2, 0) is 17.1 Å². The standard InChI is InChI=1S/C12H12P.C5H5.Fe/c1-13(12-9-5-6-10-12)11-7-3-2-4-8-11;1-2-4-5-3-1;/h2-10H,1H3;1-5H;/q;;+2/t13-;;/m1../s1. The first-order valence-corrected chi connectivity index (χ1v) is 7.84. The van der Waals surface area contributed by atoms with Gasteiger partial charge in [0.2, 0.25) is 0 Å². The molecule has 0 heterocycles. The summed E-state index contributed by atoms with van der Waals surface area (Å²) in [6, 6.07) is 10.7. The summed E-state index contributed by atoms with van der Waals surface area (Å²) in [7, 11) is -0.134. The summed E-state index contributed by atoms with van der Waals surface area (Å²) in [4.78, 5) is 0. The van der Waals surface area contributed by atoms with E-state index in [1.165, 1.54) is 11.0 Å². The third-order valence-corrected chi connectivity index (χ3v) is 4.88. The van der Waals surface area contributed by atoms with Gasteiger partial charge in [0, 0.05) is 5.66 Å². The van der Waals surface area contributed by atoms with Crippen molar-refractivity contribution >= 4 is 13.2 Å². The summed E-state index contributed by atoms with van der Waals surface area (Å²) >= 11 is 0. The minimum Gasteiger partial charge on any atom is -0.0706 e. The van der Waals surface area contributed by atoms with Crippen molar-refractivity contribution in [2.45, 2.75) is 0 Å². The second-order valence-electron chi connectivity index (χ2n) is 4.00. The molecule has 1 aromatic carbocycles. The number of hydrogen-bond acceptors (Lipinski definition) is 0. The van der Waals surface area contributed by atoms with E-state index in [1.54, 1.807) is 0 Å². The largest absolute Gasteiger partial charge is 2.00 e. The fourth-order valence-electron chi connectivity index (χ4n) is 1.71. The SMILES string of the molecule is C[P@@]([C]1[CH][CH][CH][CH]1)c1ccccc1.[CH]1[CH][CH][CH][CH]1.[Fe+2]. The Morgan fingerprint density at radius 3 is 1.63 bits per heavy atom. The Morgan fingerprint density at radius 1 is 0.684 bits per heavy atom. The van der Waals surface area contributed by atoms with Crippen LogP contribution in [0.5, 0.6) is 0 Å². The maximum absolute atomic E-state index is 2.31. The molecule has 0 spiro atoms. The number of rotatable bonds is 2. The van der Waals surface area contributed by atoms with E-state index in [1.807, 2.05) is 32.1 Å². The summed E-state index contributed by atoms with van der Waals surface area (Å²) in [5.41, 5.74) is 1.46. The third-order valence-electron chi connectivity index (χ3n) is 2.73. The summed E-state index contributed by atoms with van der Waals surface area (Å²) in [6.45, 7) is 2.31. The minimum atomic E-state index is -0.134. The first kappa shape index (κ1) is 17.2. The molecule has 0 bridgehead atoms. The molecule has 10 radical (unpaired) electrons. The summed E-state index contributed by atoms with van der Waals surface area (Å²) in [5, 5.41) is 1.45. The Bertz CT molecular complexity index is 308. The molecule has 0 nitrogen and oxygen atoms in total. The maximum atomic E-state index is 2.31. The topological polar surface area (TPSA) is 0 Å². The number of benzene rings is 1. The first-order valence-electron chi connectivity index (χ1n) is 6.05. The van der Waals surface area contributed by atoms with Gasteiger partial charge in [0.15, 0.2) is 0 Å². The fourth-order valence-corrected chi connectivity index (χ4v) is 3.25. The van der Waals surface area contributed by atoms with Gasteiger partial charge in [-0.2, -0.15) is 0 Å². The Kier molecular flexibility index (Phi) is 9.04. The van der Waals surface area contributed by atoms with Crippen LogP contribution in [0.15, 0.2) is 30.3 Å². The molecule has 3 rings (SSSR count). The molecule has 0 aromatic heterocycles. The van der Waals surface area contributed by atoms with E-state index in [-0.39, 0.29) is 25.0 Å². The van der Waals surface area contributed by atoms with Crippen molar-refractivity contribution in [1.82, 2.24) is 0 Å². The Balaban J connectivity index is 0.000000256. The Hall–Kier alpha value is 0.169. The van der Waals surface area contributed by atoms with E-state index in [0.717, 1.165) is 0 Å². The van der Waals surface area contributed by atoms with Gasteiger partial charge in [-0.15, -0.1) is 0 Å². The molecule has 1 atom stereocenters. The molecule has 0 aliphatic heterocycles. The van der Waals surface area contributed by atoms with Gasteiger partial charge >= 0.3 is 17.1 Å². The van der Waals surface area contributed by atoms with Gasteiger partial charge in [-0.25, -0.2) is 0 Å². The van der Waals surface area contributed by atoms with Crippen molar-refractivity contribution in [3.05, 3.63) is 93.8 Å². The Morgan fingerprint density at radius 2 is 1.16 bits per heavy atom. The minimum absolute atomic E-state index is 0. The zero-order valence-electron chi connectivity index (χ0n) is 10.9. The molecule has 2 heteroatoms.